The lowest BCUT2D eigenvalue weighted by Gasteiger charge is -2.38. The molecule has 0 saturated carbocycles. The van der Waals surface area contributed by atoms with Crippen LogP contribution >= 0.6 is 27.5 Å². The van der Waals surface area contributed by atoms with Gasteiger partial charge in [-0.3, -0.25) is 0 Å². The summed E-state index contributed by atoms with van der Waals surface area (Å²) >= 11 is 9.92. The Kier molecular flexibility index (Phi) is 4.91. The fraction of sp³-hybridized carbons (Fsp3) is 0.174. The maximum atomic E-state index is 14.8. The van der Waals surface area contributed by atoms with Gasteiger partial charge < -0.3 is 9.47 Å². The predicted octanol–water partition coefficient (Wildman–Crippen LogP) is 6.49. The fourth-order valence-corrected chi connectivity index (χ4v) is 4.59. The van der Waals surface area contributed by atoms with Crippen molar-refractivity contribution in [2.75, 3.05) is 7.11 Å². The highest BCUT2D eigenvalue weighted by Gasteiger charge is 2.42. The summed E-state index contributed by atoms with van der Waals surface area (Å²) < 4.78 is 27.2. The summed E-state index contributed by atoms with van der Waals surface area (Å²) in [7, 11) is 1.64. The topological polar surface area (TPSA) is 34.1 Å². The van der Waals surface area contributed by atoms with Gasteiger partial charge in [-0.25, -0.2) is 9.40 Å². The number of fused-ring (bicyclic) bond motifs is 3. The van der Waals surface area contributed by atoms with Crippen molar-refractivity contribution in [2.24, 2.45) is 5.10 Å². The number of nitrogens with zero attached hydrogens (tertiary/aromatic N) is 2. The molecule has 0 spiro atoms. The molecular weight excluding hydrogens is 471 g/mol. The van der Waals surface area contributed by atoms with Crippen LogP contribution in [0.3, 0.4) is 0 Å². The van der Waals surface area contributed by atoms with Gasteiger partial charge in [-0.15, -0.1) is 0 Å². The predicted molar refractivity (Wildman–Crippen MR) is 118 cm³/mol. The molecule has 0 aromatic heterocycles. The van der Waals surface area contributed by atoms with Gasteiger partial charge in [-0.05, 0) is 60.2 Å². The highest BCUT2D eigenvalue weighted by molar-refractivity contribution is 9.10. The van der Waals surface area contributed by atoms with E-state index >= 15 is 0 Å². The molecular formula is C23H17BrClFN2O2. The largest absolute Gasteiger partial charge is 0.497 e. The number of ether oxygens (including phenoxy) is 2. The standard InChI is InChI=1S/C23H17BrClFN2O2/c1-29-15-8-5-13(6-9-15)19-12-20-16-11-14(24)7-10-21(16)30-23(28(20)27-19)22-17(25)3-2-4-18(22)26/h2-11,20,23H,12H2,1H3/t20-,23-/m1/s1. The third-order valence-electron chi connectivity index (χ3n) is 5.42. The van der Waals surface area contributed by atoms with Gasteiger partial charge in [0.05, 0.1) is 29.4 Å². The molecule has 4 nitrogen and oxygen atoms in total. The molecule has 0 fully saturated rings. The van der Waals surface area contributed by atoms with Gasteiger partial charge in [-0.1, -0.05) is 33.6 Å². The molecule has 2 aliphatic heterocycles. The van der Waals surface area contributed by atoms with E-state index < -0.39 is 12.0 Å². The van der Waals surface area contributed by atoms with Crippen molar-refractivity contribution in [3.8, 4) is 11.5 Å². The van der Waals surface area contributed by atoms with Crippen molar-refractivity contribution in [3.05, 3.63) is 92.7 Å². The molecule has 0 N–H and O–H groups in total. The molecule has 2 aliphatic rings. The second-order valence-electron chi connectivity index (χ2n) is 7.16. The summed E-state index contributed by atoms with van der Waals surface area (Å²) in [6.07, 6.45) is -0.0880. The van der Waals surface area contributed by atoms with Crippen LogP contribution in [-0.2, 0) is 0 Å². The summed E-state index contributed by atoms with van der Waals surface area (Å²) in [6, 6.07) is 18.1. The van der Waals surface area contributed by atoms with Gasteiger partial charge in [0.15, 0.2) is 0 Å². The Labute approximate surface area is 187 Å². The number of hydrogen-bond acceptors (Lipinski definition) is 4. The summed E-state index contributed by atoms with van der Waals surface area (Å²) in [5, 5.41) is 6.98. The molecule has 0 saturated heterocycles. The highest BCUT2D eigenvalue weighted by atomic mass is 79.9. The molecule has 0 amide bonds. The van der Waals surface area contributed by atoms with E-state index in [-0.39, 0.29) is 11.6 Å². The first kappa shape index (κ1) is 19.4. The minimum absolute atomic E-state index is 0.0935. The van der Waals surface area contributed by atoms with Gasteiger partial charge >= 0.3 is 0 Å². The van der Waals surface area contributed by atoms with Crippen LogP contribution in [0.25, 0.3) is 0 Å². The lowest BCUT2D eigenvalue weighted by atomic mass is 9.96. The van der Waals surface area contributed by atoms with Crippen molar-refractivity contribution in [2.45, 2.75) is 18.7 Å². The normalized spacial score (nSPS) is 19.6. The van der Waals surface area contributed by atoms with Crippen molar-refractivity contribution in [1.82, 2.24) is 5.01 Å². The van der Waals surface area contributed by atoms with Crippen molar-refractivity contribution in [3.63, 3.8) is 0 Å². The van der Waals surface area contributed by atoms with E-state index in [1.54, 1.807) is 19.2 Å². The lowest BCUT2D eigenvalue weighted by Crippen LogP contribution is -2.34. The number of methoxy groups -OCH3 is 1. The first-order valence-electron chi connectivity index (χ1n) is 9.45. The van der Waals surface area contributed by atoms with Crippen molar-refractivity contribution in [1.29, 1.82) is 0 Å². The summed E-state index contributed by atoms with van der Waals surface area (Å²) in [5.74, 6) is 1.07. The Morgan fingerprint density at radius 2 is 1.97 bits per heavy atom. The molecule has 30 heavy (non-hydrogen) atoms. The minimum Gasteiger partial charge on any atom is -0.497 e. The average Bonchev–Trinajstić information content (AvgIpc) is 3.20. The number of rotatable bonds is 3. The maximum absolute atomic E-state index is 14.8. The van der Waals surface area contributed by atoms with Gasteiger partial charge in [0.2, 0.25) is 6.23 Å². The molecule has 3 aromatic rings. The van der Waals surface area contributed by atoms with Crippen LogP contribution in [0.4, 0.5) is 4.39 Å². The fourth-order valence-electron chi connectivity index (χ4n) is 3.95. The lowest BCUT2D eigenvalue weighted by molar-refractivity contribution is -0.0211. The molecule has 0 bridgehead atoms. The summed E-state index contributed by atoms with van der Waals surface area (Å²) in [6.45, 7) is 0. The number of hydrazone groups is 1. The van der Waals surface area contributed by atoms with Crippen LogP contribution in [0.15, 0.2) is 70.2 Å². The molecule has 2 atom stereocenters. The Balaban J connectivity index is 1.62. The van der Waals surface area contributed by atoms with E-state index in [9.17, 15) is 4.39 Å². The molecule has 0 aliphatic carbocycles. The van der Waals surface area contributed by atoms with Crippen LogP contribution in [0, 0.1) is 5.82 Å². The van der Waals surface area contributed by atoms with E-state index in [0.717, 1.165) is 27.1 Å². The van der Waals surface area contributed by atoms with Crippen LogP contribution in [0.1, 0.15) is 35.4 Å². The van der Waals surface area contributed by atoms with E-state index in [1.165, 1.54) is 6.07 Å². The summed E-state index contributed by atoms with van der Waals surface area (Å²) in [5.41, 5.74) is 3.18. The Morgan fingerprint density at radius 3 is 2.70 bits per heavy atom. The second kappa shape index (κ2) is 7.60. The molecule has 3 aromatic carbocycles. The SMILES string of the molecule is COc1ccc(C2=NN3[C@H](C2)c2cc(Br)ccc2O[C@@H]3c2c(F)cccc2Cl)cc1. The highest BCUT2D eigenvalue weighted by Crippen LogP contribution is 2.49. The van der Waals surface area contributed by atoms with Crippen LogP contribution in [0.5, 0.6) is 11.5 Å². The number of halogens is 3. The Bertz CT molecular complexity index is 1130. The van der Waals surface area contributed by atoms with E-state index in [1.807, 2.05) is 47.5 Å². The van der Waals surface area contributed by atoms with Crippen LogP contribution < -0.4 is 9.47 Å². The quantitative estimate of drug-likeness (QED) is 0.423. The molecule has 7 heteroatoms. The maximum Gasteiger partial charge on any atom is 0.218 e. The van der Waals surface area contributed by atoms with Crippen LogP contribution in [-0.4, -0.2) is 17.8 Å². The minimum atomic E-state index is -0.756. The Morgan fingerprint density at radius 1 is 1.17 bits per heavy atom. The van der Waals surface area contributed by atoms with E-state index in [2.05, 4.69) is 15.9 Å². The molecule has 5 rings (SSSR count). The zero-order valence-corrected chi connectivity index (χ0v) is 18.3. The van der Waals surface area contributed by atoms with Gasteiger partial charge in [-0.2, -0.15) is 5.10 Å². The Hall–Kier alpha value is -2.57. The third-order valence-corrected chi connectivity index (χ3v) is 6.24. The van der Waals surface area contributed by atoms with Crippen molar-refractivity contribution >= 4 is 33.2 Å². The van der Waals surface area contributed by atoms with Gasteiger partial charge in [0, 0.05) is 16.5 Å². The second-order valence-corrected chi connectivity index (χ2v) is 8.49. The van der Waals surface area contributed by atoms with Crippen molar-refractivity contribution < 1.29 is 13.9 Å². The number of hydrogen-bond donors (Lipinski definition) is 0. The third kappa shape index (κ3) is 3.24. The summed E-state index contributed by atoms with van der Waals surface area (Å²) in [4.78, 5) is 0. The molecule has 152 valence electrons. The first-order chi connectivity index (χ1) is 14.5. The molecule has 0 unspecified atom stereocenters. The van der Waals surface area contributed by atoms with E-state index in [0.29, 0.717) is 17.2 Å². The average molecular weight is 488 g/mol. The first-order valence-corrected chi connectivity index (χ1v) is 10.6. The van der Waals surface area contributed by atoms with Gasteiger partial charge in [0.25, 0.3) is 0 Å². The van der Waals surface area contributed by atoms with E-state index in [4.69, 9.17) is 26.2 Å². The molecule has 0 radical (unpaired) electrons. The monoisotopic (exact) mass is 486 g/mol. The van der Waals surface area contributed by atoms with Crippen LogP contribution in [0.2, 0.25) is 5.02 Å². The zero-order chi connectivity index (χ0) is 20.8. The molecule has 2 heterocycles. The smallest absolute Gasteiger partial charge is 0.218 e. The zero-order valence-electron chi connectivity index (χ0n) is 16.0. The van der Waals surface area contributed by atoms with Gasteiger partial charge in [0.1, 0.15) is 17.3 Å². The number of benzene rings is 3.